The first-order valence-electron chi connectivity index (χ1n) is 11.2. The van der Waals surface area contributed by atoms with Crippen LogP contribution in [0.2, 0.25) is 0 Å². The van der Waals surface area contributed by atoms with Crippen LogP contribution in [0.15, 0.2) is 48.8 Å². The molecular weight excluding hydrogens is 458 g/mol. The standard InChI is InChI=1S/C24H28F2N6O3/c1-4-5-12-32-14-20(31-24(34)29-18-8-10-19(11-9-18)35-23(25)26)30-21(32)22(33)28-16(3)17-7-6-15(2)27-13-17/h6-11,13-14,16,23H,4-5,12H2,1-3H3,(H,28,33)(H2,29,31,34). The molecule has 0 bridgehead atoms. The molecular formula is C24H28F2N6O3. The first kappa shape index (κ1) is 25.6. The van der Waals surface area contributed by atoms with Crippen molar-refractivity contribution in [1.82, 2.24) is 19.9 Å². The number of hydrogen-bond donors (Lipinski definition) is 3. The van der Waals surface area contributed by atoms with Gasteiger partial charge in [-0.3, -0.25) is 15.1 Å². The summed E-state index contributed by atoms with van der Waals surface area (Å²) in [6.45, 7) is 3.41. The molecule has 0 saturated carbocycles. The fraction of sp³-hybridized carbons (Fsp3) is 0.333. The molecule has 35 heavy (non-hydrogen) atoms. The number of imidazole rings is 1. The van der Waals surface area contributed by atoms with Gasteiger partial charge in [0, 0.05) is 30.3 Å². The molecule has 1 unspecified atom stereocenters. The quantitative estimate of drug-likeness (QED) is 0.368. The Bertz CT molecular complexity index is 1130. The highest BCUT2D eigenvalue weighted by Gasteiger charge is 2.19. The fourth-order valence-electron chi connectivity index (χ4n) is 3.23. The Morgan fingerprint density at radius 2 is 1.86 bits per heavy atom. The summed E-state index contributed by atoms with van der Waals surface area (Å²) < 4.78 is 30.5. The summed E-state index contributed by atoms with van der Waals surface area (Å²) in [7, 11) is 0. The van der Waals surface area contributed by atoms with Gasteiger partial charge in [-0.1, -0.05) is 19.4 Å². The maximum absolute atomic E-state index is 13.0. The van der Waals surface area contributed by atoms with Gasteiger partial charge in [-0.15, -0.1) is 0 Å². The summed E-state index contributed by atoms with van der Waals surface area (Å²) >= 11 is 0. The van der Waals surface area contributed by atoms with Gasteiger partial charge in [-0.05, 0) is 56.2 Å². The Kier molecular flexibility index (Phi) is 8.71. The number of alkyl halides is 2. The number of amides is 3. The van der Waals surface area contributed by atoms with Crippen LogP contribution in [0.4, 0.5) is 25.1 Å². The first-order chi connectivity index (χ1) is 16.7. The normalized spacial score (nSPS) is 11.7. The molecule has 9 nitrogen and oxygen atoms in total. The number of urea groups is 1. The number of pyridine rings is 1. The minimum atomic E-state index is -2.93. The van der Waals surface area contributed by atoms with Crippen LogP contribution in [0.3, 0.4) is 0 Å². The minimum absolute atomic E-state index is 0.0214. The van der Waals surface area contributed by atoms with Gasteiger partial charge in [0.1, 0.15) is 5.75 Å². The third kappa shape index (κ3) is 7.49. The first-order valence-corrected chi connectivity index (χ1v) is 11.2. The highest BCUT2D eigenvalue weighted by molar-refractivity contribution is 6.00. The molecule has 0 aliphatic heterocycles. The number of benzene rings is 1. The van der Waals surface area contributed by atoms with Gasteiger partial charge in [0.25, 0.3) is 5.91 Å². The zero-order valence-corrected chi connectivity index (χ0v) is 19.7. The number of carbonyl (C=O) groups excluding carboxylic acids is 2. The molecule has 186 valence electrons. The number of ether oxygens (including phenoxy) is 1. The highest BCUT2D eigenvalue weighted by atomic mass is 19.3. The molecule has 11 heteroatoms. The van der Waals surface area contributed by atoms with E-state index in [1.54, 1.807) is 17.0 Å². The lowest BCUT2D eigenvalue weighted by atomic mass is 10.1. The van der Waals surface area contributed by atoms with Gasteiger partial charge in [0.05, 0.1) is 6.04 Å². The second-order valence-corrected chi connectivity index (χ2v) is 7.91. The zero-order chi connectivity index (χ0) is 25.4. The molecule has 0 aliphatic rings. The zero-order valence-electron chi connectivity index (χ0n) is 19.7. The predicted octanol–water partition coefficient (Wildman–Crippen LogP) is 5.12. The average Bonchev–Trinajstić information content (AvgIpc) is 3.21. The number of carbonyl (C=O) groups is 2. The SMILES string of the molecule is CCCCn1cc(NC(=O)Nc2ccc(OC(F)F)cc2)nc1C(=O)NC(C)c1ccc(C)nc1. The van der Waals surface area contributed by atoms with E-state index in [9.17, 15) is 18.4 Å². The van der Waals surface area contributed by atoms with Gasteiger partial charge in [0.15, 0.2) is 5.82 Å². The van der Waals surface area contributed by atoms with Crippen molar-refractivity contribution in [2.75, 3.05) is 10.6 Å². The Morgan fingerprint density at radius 1 is 1.11 bits per heavy atom. The van der Waals surface area contributed by atoms with E-state index in [2.05, 4.69) is 30.7 Å². The van der Waals surface area contributed by atoms with Crippen molar-refractivity contribution in [1.29, 1.82) is 0 Å². The molecule has 2 heterocycles. The minimum Gasteiger partial charge on any atom is -0.435 e. The van der Waals surface area contributed by atoms with Crippen LogP contribution >= 0.6 is 0 Å². The van der Waals surface area contributed by atoms with Gasteiger partial charge in [-0.2, -0.15) is 8.78 Å². The molecule has 1 aromatic carbocycles. The summed E-state index contributed by atoms with van der Waals surface area (Å²) in [6.07, 6.45) is 5.06. The lowest BCUT2D eigenvalue weighted by molar-refractivity contribution is -0.0498. The third-order valence-corrected chi connectivity index (χ3v) is 5.09. The predicted molar refractivity (Wildman–Crippen MR) is 128 cm³/mol. The van der Waals surface area contributed by atoms with E-state index in [-0.39, 0.29) is 29.3 Å². The van der Waals surface area contributed by atoms with Crippen molar-refractivity contribution in [2.24, 2.45) is 0 Å². The van der Waals surface area contributed by atoms with E-state index < -0.39 is 12.6 Å². The van der Waals surface area contributed by atoms with Crippen LogP contribution in [0.1, 0.15) is 54.6 Å². The molecule has 0 saturated heterocycles. The molecule has 0 fully saturated rings. The maximum atomic E-state index is 13.0. The molecule has 3 aromatic rings. The molecule has 0 spiro atoms. The molecule has 3 amide bonds. The summed E-state index contributed by atoms with van der Waals surface area (Å²) in [6, 6.07) is 8.38. The number of halogens is 2. The number of nitrogens with zero attached hydrogens (tertiary/aromatic N) is 3. The summed E-state index contributed by atoms with van der Waals surface area (Å²) in [5.74, 6) is -0.0237. The van der Waals surface area contributed by atoms with Crippen LogP contribution in [-0.4, -0.2) is 33.1 Å². The van der Waals surface area contributed by atoms with Crippen molar-refractivity contribution in [3.63, 3.8) is 0 Å². The van der Waals surface area contributed by atoms with Gasteiger partial charge >= 0.3 is 12.6 Å². The van der Waals surface area contributed by atoms with Gasteiger partial charge in [0.2, 0.25) is 5.82 Å². The summed E-state index contributed by atoms with van der Waals surface area (Å²) in [5, 5.41) is 8.10. The summed E-state index contributed by atoms with van der Waals surface area (Å²) in [4.78, 5) is 34.0. The number of aryl methyl sites for hydroxylation is 2. The van der Waals surface area contributed by atoms with Crippen LogP contribution in [0, 0.1) is 6.92 Å². The number of rotatable bonds is 10. The van der Waals surface area contributed by atoms with Crippen LogP contribution in [-0.2, 0) is 6.54 Å². The number of unbranched alkanes of at least 4 members (excludes halogenated alkanes) is 1. The second-order valence-electron chi connectivity index (χ2n) is 7.91. The Hall–Kier alpha value is -4.02. The van der Waals surface area contributed by atoms with Gasteiger partial charge in [-0.25, -0.2) is 9.78 Å². The van der Waals surface area contributed by atoms with E-state index in [4.69, 9.17) is 0 Å². The Balaban J connectivity index is 1.67. The highest BCUT2D eigenvalue weighted by Crippen LogP contribution is 2.19. The number of nitrogens with one attached hydrogen (secondary N) is 3. The molecule has 3 N–H and O–H groups in total. The van der Waals surface area contributed by atoms with Crippen molar-refractivity contribution in [2.45, 2.75) is 52.8 Å². The maximum Gasteiger partial charge on any atom is 0.387 e. The monoisotopic (exact) mass is 486 g/mol. The van der Waals surface area contributed by atoms with Gasteiger partial charge < -0.3 is 19.9 Å². The smallest absolute Gasteiger partial charge is 0.387 e. The lowest BCUT2D eigenvalue weighted by Gasteiger charge is -2.14. The van der Waals surface area contributed by atoms with Crippen LogP contribution in [0.5, 0.6) is 5.75 Å². The number of aromatic nitrogens is 3. The van der Waals surface area contributed by atoms with E-state index in [1.165, 1.54) is 24.3 Å². The van der Waals surface area contributed by atoms with Crippen molar-refractivity contribution >= 4 is 23.4 Å². The van der Waals surface area contributed by atoms with Crippen LogP contribution < -0.4 is 20.7 Å². The van der Waals surface area contributed by atoms with E-state index in [0.717, 1.165) is 24.1 Å². The third-order valence-electron chi connectivity index (χ3n) is 5.09. The van der Waals surface area contributed by atoms with Crippen molar-refractivity contribution in [3.05, 3.63) is 65.9 Å². The molecule has 3 rings (SSSR count). The largest absolute Gasteiger partial charge is 0.435 e. The molecule has 0 radical (unpaired) electrons. The second kappa shape index (κ2) is 11.9. The van der Waals surface area contributed by atoms with E-state index >= 15 is 0 Å². The van der Waals surface area contributed by atoms with E-state index in [1.807, 2.05) is 32.9 Å². The molecule has 1 atom stereocenters. The van der Waals surface area contributed by atoms with Crippen molar-refractivity contribution < 1.29 is 23.1 Å². The number of anilines is 2. The number of hydrogen-bond acceptors (Lipinski definition) is 5. The fourth-order valence-corrected chi connectivity index (χ4v) is 3.23. The Labute approximate surface area is 201 Å². The Morgan fingerprint density at radius 3 is 2.49 bits per heavy atom. The van der Waals surface area contributed by atoms with Crippen molar-refractivity contribution in [3.8, 4) is 5.75 Å². The van der Waals surface area contributed by atoms with E-state index in [0.29, 0.717) is 12.2 Å². The lowest BCUT2D eigenvalue weighted by Crippen LogP contribution is -2.29. The summed E-state index contributed by atoms with van der Waals surface area (Å²) in [5.41, 5.74) is 2.11. The van der Waals surface area contributed by atoms with Crippen LogP contribution in [0.25, 0.3) is 0 Å². The average molecular weight is 487 g/mol. The topological polar surface area (TPSA) is 110 Å². The molecule has 2 aromatic heterocycles. The molecule has 0 aliphatic carbocycles.